The number of hydrogen-bond acceptors (Lipinski definition) is 3. The first-order valence-electron chi connectivity index (χ1n) is 6.65. The van der Waals surface area contributed by atoms with Crippen molar-refractivity contribution in [2.24, 2.45) is 0 Å². The van der Waals surface area contributed by atoms with Crippen LogP contribution in [0.4, 0.5) is 0 Å². The van der Waals surface area contributed by atoms with Crippen molar-refractivity contribution < 1.29 is 0 Å². The summed E-state index contributed by atoms with van der Waals surface area (Å²) in [5.74, 6) is 0. The number of aryl methyl sites for hydroxylation is 3. The van der Waals surface area contributed by atoms with Crippen molar-refractivity contribution in [3.05, 3.63) is 38.3 Å². The van der Waals surface area contributed by atoms with Crippen LogP contribution in [-0.2, 0) is 26.1 Å². The Kier molecular flexibility index (Phi) is 5.02. The minimum Gasteiger partial charge on any atom is -0.306 e. The maximum absolute atomic E-state index is 6.38. The van der Waals surface area contributed by atoms with Gasteiger partial charge in [-0.25, -0.2) is 0 Å². The summed E-state index contributed by atoms with van der Waals surface area (Å²) in [6.07, 6.45) is 0.878. The van der Waals surface area contributed by atoms with Crippen LogP contribution >= 0.6 is 22.9 Å². The maximum atomic E-state index is 6.38. The standard InChI is InChI=1S/C14H20ClN3S/c1-4-11-14(15)12(18(5-2)17-11)8-16-9-13-10(3)6-7-19-13/h6-7,16H,4-5,8-9H2,1-3H3. The van der Waals surface area contributed by atoms with Gasteiger partial charge in [0.25, 0.3) is 0 Å². The molecule has 0 aromatic carbocycles. The van der Waals surface area contributed by atoms with E-state index in [0.717, 1.165) is 42.5 Å². The number of halogens is 1. The van der Waals surface area contributed by atoms with Crippen molar-refractivity contribution >= 4 is 22.9 Å². The van der Waals surface area contributed by atoms with E-state index in [1.54, 1.807) is 11.3 Å². The van der Waals surface area contributed by atoms with Crippen molar-refractivity contribution in [1.29, 1.82) is 0 Å². The van der Waals surface area contributed by atoms with Gasteiger partial charge in [0.2, 0.25) is 0 Å². The van der Waals surface area contributed by atoms with E-state index in [1.165, 1.54) is 10.4 Å². The van der Waals surface area contributed by atoms with E-state index in [4.69, 9.17) is 11.6 Å². The second kappa shape index (κ2) is 6.55. The zero-order chi connectivity index (χ0) is 13.8. The van der Waals surface area contributed by atoms with Gasteiger partial charge in [-0.15, -0.1) is 11.3 Å². The molecule has 0 bridgehead atoms. The summed E-state index contributed by atoms with van der Waals surface area (Å²) < 4.78 is 2.00. The van der Waals surface area contributed by atoms with Crippen LogP contribution in [0.3, 0.4) is 0 Å². The van der Waals surface area contributed by atoms with Crippen LogP contribution in [0.2, 0.25) is 5.02 Å². The molecule has 0 radical (unpaired) electrons. The molecule has 1 N–H and O–H groups in total. The van der Waals surface area contributed by atoms with Gasteiger partial charge in [-0.2, -0.15) is 5.10 Å². The zero-order valence-corrected chi connectivity index (χ0v) is 13.2. The summed E-state index contributed by atoms with van der Waals surface area (Å²) in [5, 5.41) is 10.9. The molecule has 2 aromatic rings. The highest BCUT2D eigenvalue weighted by Gasteiger charge is 2.13. The number of hydrogen-bond donors (Lipinski definition) is 1. The summed E-state index contributed by atoms with van der Waals surface area (Å²) in [4.78, 5) is 1.38. The van der Waals surface area contributed by atoms with Gasteiger partial charge in [0.15, 0.2) is 0 Å². The highest BCUT2D eigenvalue weighted by atomic mass is 35.5. The van der Waals surface area contributed by atoms with Crippen molar-refractivity contribution in [2.45, 2.75) is 46.8 Å². The molecule has 3 nitrogen and oxygen atoms in total. The Labute approximate surface area is 123 Å². The molecule has 0 saturated heterocycles. The molecule has 0 amide bonds. The predicted octanol–water partition coefficient (Wildman–Crippen LogP) is 3.78. The Bertz CT molecular complexity index is 545. The van der Waals surface area contributed by atoms with Crippen LogP contribution < -0.4 is 5.32 Å². The Morgan fingerprint density at radius 1 is 1.37 bits per heavy atom. The molecule has 2 rings (SSSR count). The van der Waals surface area contributed by atoms with Gasteiger partial charge >= 0.3 is 0 Å². The molecular formula is C14H20ClN3S. The van der Waals surface area contributed by atoms with Gasteiger partial charge in [0, 0.05) is 24.5 Å². The normalized spacial score (nSPS) is 11.2. The van der Waals surface area contributed by atoms with Crippen molar-refractivity contribution in [1.82, 2.24) is 15.1 Å². The molecule has 0 saturated carbocycles. The Hall–Kier alpha value is -0.840. The summed E-state index contributed by atoms with van der Waals surface area (Å²) in [5.41, 5.74) is 3.43. The molecule has 104 valence electrons. The minimum absolute atomic E-state index is 0.761. The number of thiophene rings is 1. The van der Waals surface area contributed by atoms with Gasteiger partial charge in [-0.1, -0.05) is 18.5 Å². The fourth-order valence-corrected chi connectivity index (χ4v) is 3.28. The van der Waals surface area contributed by atoms with Gasteiger partial charge in [-0.05, 0) is 37.3 Å². The Morgan fingerprint density at radius 3 is 2.74 bits per heavy atom. The van der Waals surface area contributed by atoms with Crippen molar-refractivity contribution in [3.63, 3.8) is 0 Å². The lowest BCUT2D eigenvalue weighted by Gasteiger charge is -2.07. The number of nitrogens with zero attached hydrogens (tertiary/aromatic N) is 2. The molecule has 5 heteroatoms. The molecule has 0 aliphatic carbocycles. The summed E-state index contributed by atoms with van der Waals surface area (Å²) in [7, 11) is 0. The van der Waals surface area contributed by atoms with E-state index in [0.29, 0.717) is 0 Å². The average molecular weight is 298 g/mol. The quantitative estimate of drug-likeness (QED) is 0.879. The molecule has 0 aliphatic heterocycles. The lowest BCUT2D eigenvalue weighted by Crippen LogP contribution is -2.16. The SMILES string of the molecule is CCc1nn(CC)c(CNCc2sccc2C)c1Cl. The fourth-order valence-electron chi connectivity index (χ4n) is 2.07. The van der Waals surface area contributed by atoms with Crippen LogP contribution in [0.5, 0.6) is 0 Å². The van der Waals surface area contributed by atoms with Crippen molar-refractivity contribution in [2.75, 3.05) is 0 Å². The third kappa shape index (κ3) is 3.19. The lowest BCUT2D eigenvalue weighted by atomic mass is 10.2. The molecule has 0 fully saturated rings. The maximum Gasteiger partial charge on any atom is 0.0863 e. The molecular weight excluding hydrogens is 278 g/mol. The highest BCUT2D eigenvalue weighted by molar-refractivity contribution is 7.10. The lowest BCUT2D eigenvalue weighted by molar-refractivity contribution is 0.579. The van der Waals surface area contributed by atoms with Crippen LogP contribution in [0, 0.1) is 6.92 Å². The monoisotopic (exact) mass is 297 g/mol. The van der Waals surface area contributed by atoms with E-state index in [9.17, 15) is 0 Å². The summed E-state index contributed by atoms with van der Waals surface area (Å²) in [6.45, 7) is 8.82. The van der Waals surface area contributed by atoms with Crippen molar-refractivity contribution in [3.8, 4) is 0 Å². The van der Waals surface area contributed by atoms with Gasteiger partial charge in [0.05, 0.1) is 16.4 Å². The molecule has 19 heavy (non-hydrogen) atoms. The molecule has 0 aliphatic rings. The fraction of sp³-hybridized carbons (Fsp3) is 0.500. The number of aromatic nitrogens is 2. The predicted molar refractivity (Wildman–Crippen MR) is 81.9 cm³/mol. The highest BCUT2D eigenvalue weighted by Crippen LogP contribution is 2.22. The van der Waals surface area contributed by atoms with Gasteiger partial charge in [0.1, 0.15) is 0 Å². The van der Waals surface area contributed by atoms with Crippen LogP contribution in [0.1, 0.15) is 35.7 Å². The van der Waals surface area contributed by atoms with E-state index in [-0.39, 0.29) is 0 Å². The molecule has 2 aromatic heterocycles. The molecule has 0 spiro atoms. The van der Waals surface area contributed by atoms with E-state index in [2.05, 4.69) is 42.6 Å². The molecule has 0 atom stereocenters. The summed E-state index contributed by atoms with van der Waals surface area (Å²) in [6, 6.07) is 2.15. The van der Waals surface area contributed by atoms with Crippen LogP contribution in [0.15, 0.2) is 11.4 Å². The first-order valence-corrected chi connectivity index (χ1v) is 7.90. The number of rotatable bonds is 6. The van der Waals surface area contributed by atoms with Crippen LogP contribution in [-0.4, -0.2) is 9.78 Å². The Balaban J connectivity index is 2.03. The largest absolute Gasteiger partial charge is 0.306 e. The van der Waals surface area contributed by atoms with E-state index in [1.807, 2.05) is 4.68 Å². The smallest absolute Gasteiger partial charge is 0.0863 e. The second-order valence-electron chi connectivity index (χ2n) is 4.51. The van der Waals surface area contributed by atoms with Gasteiger partial charge in [-0.3, -0.25) is 4.68 Å². The molecule has 0 unspecified atom stereocenters. The third-order valence-corrected chi connectivity index (χ3v) is 4.70. The first-order chi connectivity index (χ1) is 9.17. The van der Waals surface area contributed by atoms with E-state index >= 15 is 0 Å². The minimum atomic E-state index is 0.761. The molecule has 2 heterocycles. The van der Waals surface area contributed by atoms with Crippen LogP contribution in [0.25, 0.3) is 0 Å². The summed E-state index contributed by atoms with van der Waals surface area (Å²) >= 11 is 8.17. The first kappa shape index (κ1) is 14.6. The zero-order valence-electron chi connectivity index (χ0n) is 11.7. The van der Waals surface area contributed by atoms with Gasteiger partial charge < -0.3 is 5.32 Å². The second-order valence-corrected chi connectivity index (χ2v) is 5.89. The third-order valence-electron chi connectivity index (χ3n) is 3.24. The van der Waals surface area contributed by atoms with E-state index < -0.39 is 0 Å². The average Bonchev–Trinajstić information content (AvgIpc) is 2.95. The topological polar surface area (TPSA) is 29.9 Å². The Morgan fingerprint density at radius 2 is 2.16 bits per heavy atom. The number of nitrogens with one attached hydrogen (secondary N) is 1.